The molecule has 2 aromatic rings. The van der Waals surface area contributed by atoms with Crippen LogP contribution in [0.5, 0.6) is 0 Å². The molecule has 0 saturated carbocycles. The van der Waals surface area contributed by atoms with E-state index in [0.29, 0.717) is 18.7 Å². The topological polar surface area (TPSA) is 62.5 Å². The SMILES string of the molecule is Cn1cccc1C(=O)N(CCc1ccccc1)CC(=O)O. The lowest BCUT2D eigenvalue weighted by Gasteiger charge is -2.21. The third-order valence-electron chi connectivity index (χ3n) is 3.29. The zero-order valence-corrected chi connectivity index (χ0v) is 11.9. The van der Waals surface area contributed by atoms with E-state index in [2.05, 4.69) is 0 Å². The van der Waals surface area contributed by atoms with Gasteiger partial charge in [0.05, 0.1) is 0 Å². The number of aromatic nitrogens is 1. The van der Waals surface area contributed by atoms with Crippen LogP contribution in [0, 0.1) is 0 Å². The van der Waals surface area contributed by atoms with Gasteiger partial charge < -0.3 is 14.6 Å². The maximum atomic E-state index is 12.4. The number of aliphatic carboxylic acids is 1. The summed E-state index contributed by atoms with van der Waals surface area (Å²) in [5.74, 6) is -1.27. The second-order valence-corrected chi connectivity index (χ2v) is 4.86. The summed E-state index contributed by atoms with van der Waals surface area (Å²) in [5.41, 5.74) is 1.57. The molecular weight excluding hydrogens is 268 g/mol. The fraction of sp³-hybridized carbons (Fsp3) is 0.250. The van der Waals surface area contributed by atoms with Crippen molar-refractivity contribution in [3.63, 3.8) is 0 Å². The van der Waals surface area contributed by atoms with Crippen LogP contribution in [0.4, 0.5) is 0 Å². The van der Waals surface area contributed by atoms with Gasteiger partial charge in [0, 0.05) is 19.8 Å². The molecule has 0 bridgehead atoms. The Balaban J connectivity index is 2.09. The van der Waals surface area contributed by atoms with Crippen LogP contribution in [0.1, 0.15) is 16.1 Å². The van der Waals surface area contributed by atoms with Crippen LogP contribution >= 0.6 is 0 Å². The molecule has 1 aromatic heterocycles. The van der Waals surface area contributed by atoms with Crippen LogP contribution in [0.25, 0.3) is 0 Å². The Morgan fingerprint density at radius 1 is 1.14 bits per heavy atom. The Labute approximate surface area is 123 Å². The first kappa shape index (κ1) is 14.8. The van der Waals surface area contributed by atoms with Gasteiger partial charge in [-0.15, -0.1) is 0 Å². The Hall–Kier alpha value is -2.56. The number of hydrogen-bond donors (Lipinski definition) is 1. The monoisotopic (exact) mass is 286 g/mol. The van der Waals surface area contributed by atoms with Crippen LogP contribution in [-0.4, -0.2) is 39.5 Å². The largest absolute Gasteiger partial charge is 0.480 e. The number of carbonyl (C=O) groups is 2. The number of hydrogen-bond acceptors (Lipinski definition) is 2. The van der Waals surface area contributed by atoms with Gasteiger partial charge in [-0.05, 0) is 24.1 Å². The standard InChI is InChI=1S/C16H18N2O3/c1-17-10-5-8-14(17)16(21)18(12-15(19)20)11-9-13-6-3-2-4-7-13/h2-8,10H,9,11-12H2,1H3,(H,19,20). The Morgan fingerprint density at radius 3 is 2.43 bits per heavy atom. The molecule has 0 aliphatic carbocycles. The van der Waals surface area contributed by atoms with Crippen LogP contribution in [0.3, 0.4) is 0 Å². The number of carboxylic acid groups (broad SMARTS) is 1. The number of rotatable bonds is 6. The maximum Gasteiger partial charge on any atom is 0.323 e. The summed E-state index contributed by atoms with van der Waals surface area (Å²) >= 11 is 0. The van der Waals surface area contributed by atoms with Crippen LogP contribution in [0.15, 0.2) is 48.7 Å². The highest BCUT2D eigenvalue weighted by Gasteiger charge is 2.20. The van der Waals surface area contributed by atoms with Crippen molar-refractivity contribution in [2.75, 3.05) is 13.1 Å². The minimum absolute atomic E-state index is 0.263. The number of carboxylic acids is 1. The van der Waals surface area contributed by atoms with Crippen molar-refractivity contribution < 1.29 is 14.7 Å². The first-order valence-electron chi connectivity index (χ1n) is 6.74. The molecule has 1 heterocycles. The molecule has 0 unspecified atom stereocenters. The third-order valence-corrected chi connectivity index (χ3v) is 3.29. The van der Waals surface area contributed by atoms with E-state index in [4.69, 9.17) is 5.11 Å². The van der Waals surface area contributed by atoms with E-state index < -0.39 is 5.97 Å². The van der Waals surface area contributed by atoms with E-state index in [-0.39, 0.29) is 12.5 Å². The van der Waals surface area contributed by atoms with Gasteiger partial charge in [-0.1, -0.05) is 30.3 Å². The number of nitrogens with zero attached hydrogens (tertiary/aromatic N) is 2. The summed E-state index contributed by atoms with van der Waals surface area (Å²) in [6.07, 6.45) is 2.40. The Kier molecular flexibility index (Phi) is 4.77. The molecule has 0 saturated heterocycles. The van der Waals surface area contributed by atoms with Crippen molar-refractivity contribution in [3.8, 4) is 0 Å². The van der Waals surface area contributed by atoms with Crippen molar-refractivity contribution in [3.05, 3.63) is 59.9 Å². The second kappa shape index (κ2) is 6.74. The van der Waals surface area contributed by atoms with Crippen molar-refractivity contribution in [2.45, 2.75) is 6.42 Å². The molecule has 1 aromatic carbocycles. The second-order valence-electron chi connectivity index (χ2n) is 4.86. The molecule has 2 rings (SSSR count). The van der Waals surface area contributed by atoms with Gasteiger partial charge in [0.2, 0.25) is 0 Å². The summed E-state index contributed by atoms with van der Waals surface area (Å²) in [7, 11) is 1.77. The normalized spacial score (nSPS) is 10.3. The minimum atomic E-state index is -1.01. The number of amides is 1. The molecule has 110 valence electrons. The summed E-state index contributed by atoms with van der Waals surface area (Å²) in [6.45, 7) is 0.0805. The molecule has 21 heavy (non-hydrogen) atoms. The van der Waals surface area contributed by atoms with E-state index in [0.717, 1.165) is 5.56 Å². The molecular formula is C16H18N2O3. The van der Waals surface area contributed by atoms with E-state index in [9.17, 15) is 9.59 Å². The van der Waals surface area contributed by atoms with Gasteiger partial charge in [0.1, 0.15) is 12.2 Å². The molecule has 0 fully saturated rings. The predicted molar refractivity (Wildman–Crippen MR) is 79.1 cm³/mol. The van der Waals surface area contributed by atoms with Gasteiger partial charge in [0.15, 0.2) is 0 Å². The zero-order chi connectivity index (χ0) is 15.2. The molecule has 0 aliphatic heterocycles. The Bertz CT molecular complexity index is 619. The maximum absolute atomic E-state index is 12.4. The number of aryl methyl sites for hydroxylation is 1. The summed E-state index contributed by atoms with van der Waals surface area (Å²) < 4.78 is 1.69. The zero-order valence-electron chi connectivity index (χ0n) is 11.9. The molecule has 0 aliphatic rings. The number of benzene rings is 1. The quantitative estimate of drug-likeness (QED) is 0.880. The molecule has 1 amide bonds. The third kappa shape index (κ3) is 3.95. The predicted octanol–water partition coefficient (Wildman–Crippen LogP) is 1.79. The van der Waals surface area contributed by atoms with Crippen molar-refractivity contribution in [1.82, 2.24) is 9.47 Å². The molecule has 0 atom stereocenters. The molecule has 1 N–H and O–H groups in total. The van der Waals surface area contributed by atoms with Crippen molar-refractivity contribution in [1.29, 1.82) is 0 Å². The van der Waals surface area contributed by atoms with E-state index in [1.165, 1.54) is 4.90 Å². The highest BCUT2D eigenvalue weighted by Crippen LogP contribution is 2.08. The first-order chi connectivity index (χ1) is 10.1. The summed E-state index contributed by atoms with van der Waals surface area (Å²) in [5, 5.41) is 9.00. The lowest BCUT2D eigenvalue weighted by Crippen LogP contribution is -2.38. The average molecular weight is 286 g/mol. The minimum Gasteiger partial charge on any atom is -0.480 e. The van der Waals surface area contributed by atoms with E-state index in [1.54, 1.807) is 29.9 Å². The van der Waals surface area contributed by atoms with E-state index >= 15 is 0 Å². The van der Waals surface area contributed by atoms with Crippen molar-refractivity contribution >= 4 is 11.9 Å². The van der Waals surface area contributed by atoms with Gasteiger partial charge in [-0.25, -0.2) is 0 Å². The molecule has 5 nitrogen and oxygen atoms in total. The molecule has 5 heteroatoms. The highest BCUT2D eigenvalue weighted by atomic mass is 16.4. The lowest BCUT2D eigenvalue weighted by molar-refractivity contribution is -0.137. The fourth-order valence-corrected chi connectivity index (χ4v) is 2.17. The van der Waals surface area contributed by atoms with Crippen LogP contribution < -0.4 is 0 Å². The van der Waals surface area contributed by atoms with Crippen LogP contribution in [-0.2, 0) is 18.3 Å². The lowest BCUT2D eigenvalue weighted by atomic mass is 10.1. The summed E-state index contributed by atoms with van der Waals surface area (Å²) in [6, 6.07) is 13.2. The first-order valence-corrected chi connectivity index (χ1v) is 6.74. The summed E-state index contributed by atoms with van der Waals surface area (Å²) in [4.78, 5) is 24.8. The van der Waals surface area contributed by atoms with Gasteiger partial charge in [-0.2, -0.15) is 0 Å². The van der Waals surface area contributed by atoms with Gasteiger partial charge in [0.25, 0.3) is 5.91 Å². The van der Waals surface area contributed by atoms with Gasteiger partial charge >= 0.3 is 5.97 Å². The van der Waals surface area contributed by atoms with Crippen LogP contribution in [0.2, 0.25) is 0 Å². The Morgan fingerprint density at radius 2 is 1.86 bits per heavy atom. The highest BCUT2D eigenvalue weighted by molar-refractivity contribution is 5.94. The fourth-order valence-electron chi connectivity index (χ4n) is 2.17. The molecule has 0 spiro atoms. The smallest absolute Gasteiger partial charge is 0.323 e. The van der Waals surface area contributed by atoms with E-state index in [1.807, 2.05) is 30.3 Å². The average Bonchev–Trinajstić information content (AvgIpc) is 2.89. The van der Waals surface area contributed by atoms with Gasteiger partial charge in [-0.3, -0.25) is 9.59 Å². The van der Waals surface area contributed by atoms with Crippen molar-refractivity contribution in [2.24, 2.45) is 7.05 Å². The number of carbonyl (C=O) groups excluding carboxylic acids is 1. The molecule has 0 radical (unpaired) electrons.